The molecule has 1 aromatic heterocycles. The summed E-state index contributed by atoms with van der Waals surface area (Å²) in [6.07, 6.45) is 0.555. The summed E-state index contributed by atoms with van der Waals surface area (Å²) in [4.78, 5) is 13.2. The number of hydrogen-bond acceptors (Lipinski definition) is 5. The van der Waals surface area contributed by atoms with Gasteiger partial charge in [0, 0.05) is 5.69 Å². The van der Waals surface area contributed by atoms with E-state index in [1.165, 1.54) is 11.8 Å². The molecule has 0 spiro atoms. The molecule has 1 N–H and O–H groups in total. The van der Waals surface area contributed by atoms with Gasteiger partial charge in [0.25, 0.3) is 5.22 Å². The minimum absolute atomic E-state index is 0.135. The molecule has 4 rings (SSSR count). The number of nitrogens with one attached hydrogen (secondary N) is 1. The quantitative estimate of drug-likeness (QED) is 0.379. The van der Waals surface area contributed by atoms with Crippen LogP contribution < -0.4 is 5.32 Å². The standard InChI is InChI=1S/C25H23N3O2S/c1-17-13-18(2)15-21(14-17)26-24(29)23(20-11-7-4-8-12-20)31-25-28-27-22(30-25)16-19-9-5-3-6-10-19/h3-15,23H,16H2,1-2H3,(H,26,29)/t23-/m0/s1. The Bertz CT molecular complexity index is 1140. The molecule has 0 saturated heterocycles. The Kier molecular flexibility index (Phi) is 6.48. The number of anilines is 1. The van der Waals surface area contributed by atoms with Crippen LogP contribution in [0.5, 0.6) is 0 Å². The maximum atomic E-state index is 13.2. The number of aromatic nitrogens is 2. The fraction of sp³-hybridized carbons (Fsp3) is 0.160. The molecule has 1 atom stereocenters. The summed E-state index contributed by atoms with van der Waals surface area (Å²) in [5.41, 5.74) is 4.94. The van der Waals surface area contributed by atoms with Crippen molar-refractivity contribution < 1.29 is 9.21 Å². The molecule has 5 nitrogen and oxygen atoms in total. The molecule has 0 aliphatic rings. The van der Waals surface area contributed by atoms with Gasteiger partial charge in [-0.05, 0) is 60.0 Å². The molecular formula is C25H23N3O2S. The van der Waals surface area contributed by atoms with Crippen LogP contribution in [0.2, 0.25) is 0 Å². The number of nitrogens with zero attached hydrogens (tertiary/aromatic N) is 2. The molecule has 1 heterocycles. The van der Waals surface area contributed by atoms with E-state index in [1.807, 2.05) is 86.6 Å². The van der Waals surface area contributed by atoms with Gasteiger partial charge < -0.3 is 9.73 Å². The van der Waals surface area contributed by atoms with E-state index in [1.54, 1.807) is 0 Å². The maximum absolute atomic E-state index is 13.2. The third kappa shape index (κ3) is 5.61. The molecule has 6 heteroatoms. The zero-order valence-electron chi connectivity index (χ0n) is 17.4. The Balaban J connectivity index is 1.54. The molecule has 156 valence electrons. The van der Waals surface area contributed by atoms with Crippen LogP contribution in [0.15, 0.2) is 88.5 Å². The van der Waals surface area contributed by atoms with Crippen LogP contribution in [0, 0.1) is 13.8 Å². The fourth-order valence-corrected chi connectivity index (χ4v) is 4.28. The van der Waals surface area contributed by atoms with E-state index >= 15 is 0 Å². The summed E-state index contributed by atoms with van der Waals surface area (Å²) in [5, 5.41) is 11.2. The highest BCUT2D eigenvalue weighted by Gasteiger charge is 2.25. The number of hydrogen-bond donors (Lipinski definition) is 1. The third-order valence-corrected chi connectivity index (χ3v) is 5.78. The van der Waals surface area contributed by atoms with Crippen molar-refractivity contribution in [3.63, 3.8) is 0 Å². The average Bonchev–Trinajstić information content (AvgIpc) is 3.19. The zero-order valence-corrected chi connectivity index (χ0v) is 18.2. The molecule has 0 aliphatic heterocycles. The van der Waals surface area contributed by atoms with Crippen molar-refractivity contribution in [2.45, 2.75) is 30.7 Å². The monoisotopic (exact) mass is 429 g/mol. The van der Waals surface area contributed by atoms with Crippen LogP contribution in [-0.4, -0.2) is 16.1 Å². The first-order valence-electron chi connectivity index (χ1n) is 10.0. The van der Waals surface area contributed by atoms with Crippen molar-refractivity contribution >= 4 is 23.4 Å². The normalized spacial score (nSPS) is 11.8. The smallest absolute Gasteiger partial charge is 0.277 e. The molecule has 4 aromatic rings. The van der Waals surface area contributed by atoms with E-state index < -0.39 is 5.25 Å². The predicted octanol–water partition coefficient (Wildman–Crippen LogP) is 5.75. The Morgan fingerprint density at radius 2 is 1.58 bits per heavy atom. The Morgan fingerprint density at radius 3 is 2.26 bits per heavy atom. The molecule has 0 radical (unpaired) electrons. The molecular weight excluding hydrogens is 406 g/mol. The largest absolute Gasteiger partial charge is 0.416 e. The minimum atomic E-state index is -0.521. The van der Waals surface area contributed by atoms with Gasteiger partial charge in [-0.2, -0.15) is 0 Å². The lowest BCUT2D eigenvalue weighted by Crippen LogP contribution is -2.19. The second kappa shape index (κ2) is 9.62. The van der Waals surface area contributed by atoms with E-state index in [9.17, 15) is 4.79 Å². The summed E-state index contributed by atoms with van der Waals surface area (Å²) in [6, 6.07) is 25.6. The number of rotatable bonds is 7. The lowest BCUT2D eigenvalue weighted by Gasteiger charge is -2.16. The van der Waals surface area contributed by atoms with E-state index in [-0.39, 0.29) is 5.91 Å². The lowest BCUT2D eigenvalue weighted by molar-refractivity contribution is -0.115. The van der Waals surface area contributed by atoms with Crippen molar-refractivity contribution in [1.82, 2.24) is 10.2 Å². The summed E-state index contributed by atoms with van der Waals surface area (Å²) in [6.45, 7) is 4.03. The average molecular weight is 430 g/mol. The SMILES string of the molecule is Cc1cc(C)cc(NC(=O)[C@@H](Sc2nnc(Cc3ccccc3)o2)c2ccccc2)c1. The zero-order chi connectivity index (χ0) is 21.6. The Labute approximate surface area is 185 Å². The minimum Gasteiger partial charge on any atom is -0.416 e. The van der Waals surface area contributed by atoms with Gasteiger partial charge >= 0.3 is 0 Å². The van der Waals surface area contributed by atoms with E-state index in [0.29, 0.717) is 17.5 Å². The number of carbonyl (C=O) groups is 1. The van der Waals surface area contributed by atoms with Crippen LogP contribution in [-0.2, 0) is 11.2 Å². The maximum Gasteiger partial charge on any atom is 0.277 e. The Hall–Kier alpha value is -3.38. The summed E-state index contributed by atoms with van der Waals surface area (Å²) in [7, 11) is 0. The van der Waals surface area contributed by atoms with Crippen LogP contribution in [0.3, 0.4) is 0 Å². The fourth-order valence-electron chi connectivity index (χ4n) is 3.38. The highest BCUT2D eigenvalue weighted by molar-refractivity contribution is 8.00. The molecule has 0 saturated carbocycles. The highest BCUT2D eigenvalue weighted by Crippen LogP contribution is 2.35. The van der Waals surface area contributed by atoms with Crippen LogP contribution in [0.4, 0.5) is 5.69 Å². The van der Waals surface area contributed by atoms with E-state index in [2.05, 4.69) is 21.6 Å². The second-order valence-corrected chi connectivity index (χ2v) is 8.45. The van der Waals surface area contributed by atoms with Crippen molar-refractivity contribution in [3.8, 4) is 0 Å². The van der Waals surface area contributed by atoms with Crippen LogP contribution in [0.1, 0.15) is 33.4 Å². The summed E-state index contributed by atoms with van der Waals surface area (Å²) < 4.78 is 5.84. The van der Waals surface area contributed by atoms with Crippen LogP contribution >= 0.6 is 11.8 Å². The number of amides is 1. The summed E-state index contributed by atoms with van der Waals surface area (Å²) in [5.74, 6) is 0.388. The number of benzene rings is 3. The van der Waals surface area contributed by atoms with Gasteiger partial charge in [0.15, 0.2) is 0 Å². The highest BCUT2D eigenvalue weighted by atomic mass is 32.2. The van der Waals surface area contributed by atoms with E-state index in [4.69, 9.17) is 4.42 Å². The van der Waals surface area contributed by atoms with Gasteiger partial charge in [0.1, 0.15) is 5.25 Å². The van der Waals surface area contributed by atoms with Gasteiger partial charge in [0.2, 0.25) is 11.8 Å². The first-order chi connectivity index (χ1) is 15.1. The van der Waals surface area contributed by atoms with Gasteiger partial charge in [0.05, 0.1) is 6.42 Å². The molecule has 0 aliphatic carbocycles. The van der Waals surface area contributed by atoms with Crippen molar-refractivity contribution in [2.24, 2.45) is 0 Å². The van der Waals surface area contributed by atoms with Gasteiger partial charge in [-0.1, -0.05) is 66.7 Å². The van der Waals surface area contributed by atoms with Crippen molar-refractivity contribution in [3.05, 3.63) is 107 Å². The molecule has 31 heavy (non-hydrogen) atoms. The first kappa shape index (κ1) is 20.9. The number of carbonyl (C=O) groups excluding carboxylic acids is 1. The molecule has 0 bridgehead atoms. The van der Waals surface area contributed by atoms with Crippen molar-refractivity contribution in [1.29, 1.82) is 0 Å². The molecule has 0 fully saturated rings. The van der Waals surface area contributed by atoms with Gasteiger partial charge in [-0.3, -0.25) is 4.79 Å². The number of aryl methyl sites for hydroxylation is 2. The van der Waals surface area contributed by atoms with E-state index in [0.717, 1.165) is 27.9 Å². The van der Waals surface area contributed by atoms with Gasteiger partial charge in [-0.25, -0.2) is 0 Å². The second-order valence-electron chi connectivity index (χ2n) is 7.40. The molecule has 0 unspecified atom stereocenters. The molecule has 1 amide bonds. The van der Waals surface area contributed by atoms with Crippen LogP contribution in [0.25, 0.3) is 0 Å². The summed E-state index contributed by atoms with van der Waals surface area (Å²) >= 11 is 1.26. The lowest BCUT2D eigenvalue weighted by atomic mass is 10.1. The molecule has 3 aromatic carbocycles. The Morgan fingerprint density at radius 1 is 0.935 bits per heavy atom. The van der Waals surface area contributed by atoms with Gasteiger partial charge in [-0.15, -0.1) is 10.2 Å². The number of thioether (sulfide) groups is 1. The predicted molar refractivity (Wildman–Crippen MR) is 123 cm³/mol. The third-order valence-electron chi connectivity index (χ3n) is 4.69. The van der Waals surface area contributed by atoms with Crippen molar-refractivity contribution in [2.75, 3.05) is 5.32 Å². The topological polar surface area (TPSA) is 68.0 Å². The first-order valence-corrected chi connectivity index (χ1v) is 10.9.